The highest BCUT2D eigenvalue weighted by atomic mass is 35.5. The van der Waals surface area contributed by atoms with Crippen molar-refractivity contribution < 1.29 is 4.79 Å². The predicted octanol–water partition coefficient (Wildman–Crippen LogP) is 0.510. The van der Waals surface area contributed by atoms with Gasteiger partial charge in [-0.3, -0.25) is 9.48 Å². The van der Waals surface area contributed by atoms with E-state index in [0.29, 0.717) is 12.6 Å². The molecule has 0 aromatic carbocycles. The Labute approximate surface area is 119 Å². The lowest BCUT2D eigenvalue weighted by Gasteiger charge is -2.08. The van der Waals surface area contributed by atoms with Crippen molar-refractivity contribution in [2.24, 2.45) is 0 Å². The van der Waals surface area contributed by atoms with Crippen LogP contribution in [0.5, 0.6) is 0 Å². The summed E-state index contributed by atoms with van der Waals surface area (Å²) in [5.74, 6) is -0.0491. The van der Waals surface area contributed by atoms with Crippen LogP contribution in [0.25, 0.3) is 0 Å². The van der Waals surface area contributed by atoms with E-state index in [0.717, 1.165) is 18.8 Å². The van der Waals surface area contributed by atoms with Crippen LogP contribution in [0.1, 0.15) is 25.5 Å². The number of rotatable bonds is 4. The second-order valence-corrected chi connectivity index (χ2v) is 4.13. The van der Waals surface area contributed by atoms with Crippen molar-refractivity contribution in [1.82, 2.24) is 25.6 Å². The number of amides is 1. The predicted molar refractivity (Wildman–Crippen MR) is 73.1 cm³/mol. The van der Waals surface area contributed by atoms with Gasteiger partial charge in [0.2, 0.25) is 5.91 Å². The molecule has 6 nitrogen and oxygen atoms in total. The molecule has 1 unspecified atom stereocenters. The van der Waals surface area contributed by atoms with Crippen LogP contribution in [0.15, 0.2) is 6.20 Å². The Kier molecular flexibility index (Phi) is 7.90. The van der Waals surface area contributed by atoms with E-state index in [-0.39, 0.29) is 30.7 Å². The molecule has 0 bridgehead atoms. The van der Waals surface area contributed by atoms with Crippen LogP contribution >= 0.6 is 24.8 Å². The molecule has 8 heteroatoms. The average Bonchev–Trinajstić information content (AvgIpc) is 2.87. The molecule has 1 amide bonds. The molecule has 0 radical (unpaired) electrons. The van der Waals surface area contributed by atoms with Crippen molar-refractivity contribution in [2.75, 3.05) is 6.54 Å². The van der Waals surface area contributed by atoms with Gasteiger partial charge in [0.1, 0.15) is 5.69 Å². The molecular weight excluding hydrogens is 277 g/mol. The van der Waals surface area contributed by atoms with Gasteiger partial charge in [0.15, 0.2) is 0 Å². The van der Waals surface area contributed by atoms with E-state index in [4.69, 9.17) is 0 Å². The quantitative estimate of drug-likeness (QED) is 0.849. The number of carbonyl (C=O) groups excluding carboxylic acids is 1. The summed E-state index contributed by atoms with van der Waals surface area (Å²) in [5, 5.41) is 14.1. The first kappa shape index (κ1) is 17.2. The van der Waals surface area contributed by atoms with Crippen molar-refractivity contribution in [1.29, 1.82) is 0 Å². The maximum Gasteiger partial charge on any atom is 0.217 e. The third-order valence-corrected chi connectivity index (χ3v) is 2.67. The molecule has 104 valence electrons. The number of carbonyl (C=O) groups is 1. The van der Waals surface area contributed by atoms with Gasteiger partial charge in [0.25, 0.3) is 0 Å². The maximum absolute atomic E-state index is 10.7. The Morgan fingerprint density at radius 3 is 3.00 bits per heavy atom. The largest absolute Gasteiger partial charge is 0.351 e. The lowest BCUT2D eigenvalue weighted by atomic mass is 10.2. The Hall–Kier alpha value is -0.850. The molecule has 0 spiro atoms. The summed E-state index contributed by atoms with van der Waals surface area (Å²) in [7, 11) is 0. The van der Waals surface area contributed by atoms with Crippen molar-refractivity contribution in [3.05, 3.63) is 11.9 Å². The van der Waals surface area contributed by atoms with E-state index in [1.54, 1.807) is 0 Å². The van der Waals surface area contributed by atoms with Gasteiger partial charge in [0.05, 0.1) is 19.3 Å². The zero-order chi connectivity index (χ0) is 11.4. The fraction of sp³-hybridized carbons (Fsp3) is 0.700. The lowest BCUT2D eigenvalue weighted by Crippen LogP contribution is -2.26. The summed E-state index contributed by atoms with van der Waals surface area (Å²) in [5.41, 5.74) is 0.799. The second kappa shape index (κ2) is 8.29. The van der Waals surface area contributed by atoms with Gasteiger partial charge >= 0.3 is 0 Å². The first-order chi connectivity index (χ1) is 7.74. The van der Waals surface area contributed by atoms with E-state index in [1.807, 2.05) is 10.9 Å². The van der Waals surface area contributed by atoms with Crippen LogP contribution in [0.4, 0.5) is 0 Å². The fourth-order valence-electron chi connectivity index (χ4n) is 1.86. The molecule has 1 atom stereocenters. The molecule has 1 aliphatic rings. The summed E-state index contributed by atoms with van der Waals surface area (Å²) in [6.45, 7) is 3.89. The van der Waals surface area contributed by atoms with Gasteiger partial charge in [0, 0.05) is 13.0 Å². The molecule has 1 saturated heterocycles. The summed E-state index contributed by atoms with van der Waals surface area (Å²) in [4.78, 5) is 10.7. The van der Waals surface area contributed by atoms with Crippen LogP contribution in [0, 0.1) is 0 Å². The minimum Gasteiger partial charge on any atom is -0.351 e. The van der Waals surface area contributed by atoms with Crippen LogP contribution < -0.4 is 10.6 Å². The number of nitrogens with zero attached hydrogens (tertiary/aromatic N) is 3. The van der Waals surface area contributed by atoms with E-state index in [1.165, 1.54) is 19.8 Å². The van der Waals surface area contributed by atoms with Crippen LogP contribution in [0.3, 0.4) is 0 Å². The number of hydrogen-bond donors (Lipinski definition) is 2. The highest BCUT2D eigenvalue weighted by Gasteiger charge is 2.15. The molecule has 2 N–H and O–H groups in total. The van der Waals surface area contributed by atoms with Gasteiger partial charge < -0.3 is 10.6 Å². The van der Waals surface area contributed by atoms with Crippen LogP contribution in [-0.2, 0) is 17.9 Å². The monoisotopic (exact) mass is 295 g/mol. The summed E-state index contributed by atoms with van der Waals surface area (Å²) < 4.78 is 1.83. The molecule has 0 saturated carbocycles. The average molecular weight is 296 g/mol. The van der Waals surface area contributed by atoms with Gasteiger partial charge in [-0.15, -0.1) is 29.9 Å². The zero-order valence-corrected chi connectivity index (χ0v) is 11.9. The van der Waals surface area contributed by atoms with Crippen LogP contribution in [-0.4, -0.2) is 33.5 Å². The molecule has 2 rings (SSSR count). The molecule has 1 aromatic heterocycles. The molecular formula is C10H19Cl2N5O. The van der Waals surface area contributed by atoms with E-state index >= 15 is 0 Å². The third-order valence-electron chi connectivity index (χ3n) is 2.67. The first-order valence-corrected chi connectivity index (χ1v) is 5.61. The van der Waals surface area contributed by atoms with Gasteiger partial charge in [-0.1, -0.05) is 5.21 Å². The Bertz CT molecular complexity index is 365. The van der Waals surface area contributed by atoms with Gasteiger partial charge in [-0.2, -0.15) is 0 Å². The Morgan fingerprint density at radius 1 is 1.61 bits per heavy atom. The molecule has 1 aliphatic heterocycles. The second-order valence-electron chi connectivity index (χ2n) is 4.13. The first-order valence-electron chi connectivity index (χ1n) is 5.61. The third kappa shape index (κ3) is 5.20. The summed E-state index contributed by atoms with van der Waals surface area (Å²) in [6, 6.07) is 0.510. The summed E-state index contributed by atoms with van der Waals surface area (Å²) in [6.07, 6.45) is 4.31. The van der Waals surface area contributed by atoms with E-state index in [2.05, 4.69) is 20.9 Å². The van der Waals surface area contributed by atoms with Gasteiger partial charge in [-0.05, 0) is 19.4 Å². The summed E-state index contributed by atoms with van der Waals surface area (Å²) >= 11 is 0. The SMILES string of the molecule is CC(=O)NCc1cn(CC2CCCN2)nn1.Cl.Cl. The van der Waals surface area contributed by atoms with Crippen LogP contribution in [0.2, 0.25) is 0 Å². The topological polar surface area (TPSA) is 71.8 Å². The fourth-order valence-corrected chi connectivity index (χ4v) is 1.86. The number of aromatic nitrogens is 3. The van der Waals surface area contributed by atoms with Crippen molar-refractivity contribution in [3.8, 4) is 0 Å². The molecule has 1 aromatic rings. The molecule has 18 heavy (non-hydrogen) atoms. The Balaban J connectivity index is 0.00000144. The minimum absolute atomic E-state index is 0. The normalized spacial score (nSPS) is 17.7. The van der Waals surface area contributed by atoms with Gasteiger partial charge in [-0.25, -0.2) is 0 Å². The standard InChI is InChI=1S/C10H17N5O.2ClH/c1-8(16)12-5-10-7-15(14-13-10)6-9-3-2-4-11-9;;/h7,9,11H,2-6H2,1H3,(H,12,16);2*1H. The lowest BCUT2D eigenvalue weighted by molar-refractivity contribution is -0.119. The maximum atomic E-state index is 10.7. The van der Waals surface area contributed by atoms with Crippen molar-refractivity contribution in [2.45, 2.75) is 38.9 Å². The van der Waals surface area contributed by atoms with E-state index < -0.39 is 0 Å². The van der Waals surface area contributed by atoms with Crippen molar-refractivity contribution in [3.63, 3.8) is 0 Å². The highest BCUT2D eigenvalue weighted by molar-refractivity contribution is 5.85. The number of halogens is 2. The number of hydrogen-bond acceptors (Lipinski definition) is 4. The minimum atomic E-state index is -0.0491. The number of nitrogens with one attached hydrogen (secondary N) is 2. The smallest absolute Gasteiger partial charge is 0.217 e. The molecule has 1 fully saturated rings. The molecule has 0 aliphatic carbocycles. The van der Waals surface area contributed by atoms with Crippen molar-refractivity contribution >= 4 is 30.7 Å². The molecule has 2 heterocycles. The highest BCUT2D eigenvalue weighted by Crippen LogP contribution is 2.06. The van der Waals surface area contributed by atoms with E-state index in [9.17, 15) is 4.79 Å². The Morgan fingerprint density at radius 2 is 2.39 bits per heavy atom. The zero-order valence-electron chi connectivity index (χ0n) is 10.3.